The molecule has 0 saturated heterocycles. The molecule has 0 N–H and O–H groups in total. The monoisotopic (exact) mass is 525 g/mol. The SMILES string of the molecule is Cc1cc(C)c(C(=O)[P](=O)c2ccccc2C(=O)c2c(C(F)(F)F)cccc2C(F)(F)F)c(C)c1C. The number of benzene rings is 3. The fourth-order valence-corrected chi connectivity index (χ4v) is 5.45. The molecule has 0 aliphatic carbocycles. The Kier molecular flexibility index (Phi) is 7.29. The Hall–Kier alpha value is -3.32. The molecule has 0 amide bonds. The van der Waals surface area contributed by atoms with Crippen LogP contribution in [-0.4, -0.2) is 11.3 Å². The normalized spacial score (nSPS) is 12.4. The zero-order valence-corrected chi connectivity index (χ0v) is 20.5. The van der Waals surface area contributed by atoms with Gasteiger partial charge in [-0.2, -0.15) is 26.3 Å². The number of hydrogen-bond acceptors (Lipinski definition) is 3. The van der Waals surface area contributed by atoms with Crippen LogP contribution in [0.2, 0.25) is 0 Å². The lowest BCUT2D eigenvalue weighted by atomic mass is 9.92. The van der Waals surface area contributed by atoms with Crippen LogP contribution in [0.5, 0.6) is 0 Å². The minimum Gasteiger partial charge on any atom is -0.289 e. The van der Waals surface area contributed by atoms with Gasteiger partial charge in [0.05, 0.1) is 16.4 Å². The van der Waals surface area contributed by atoms with Crippen molar-refractivity contribution in [2.45, 2.75) is 40.0 Å². The van der Waals surface area contributed by atoms with E-state index in [9.17, 15) is 40.5 Å². The quantitative estimate of drug-likeness (QED) is 0.197. The maximum absolute atomic E-state index is 13.6. The molecule has 3 aromatic rings. The third kappa shape index (κ3) is 4.98. The van der Waals surface area contributed by atoms with Crippen LogP contribution in [0.25, 0.3) is 0 Å². The molecule has 1 radical (unpaired) electrons. The third-order valence-corrected chi connectivity index (χ3v) is 7.44. The van der Waals surface area contributed by atoms with Crippen LogP contribution >= 0.6 is 7.80 Å². The van der Waals surface area contributed by atoms with Gasteiger partial charge in [0.1, 0.15) is 0 Å². The van der Waals surface area contributed by atoms with E-state index in [4.69, 9.17) is 0 Å². The van der Waals surface area contributed by atoms with Crippen molar-refractivity contribution in [3.05, 3.63) is 98.6 Å². The first kappa shape index (κ1) is 27.3. The van der Waals surface area contributed by atoms with E-state index in [-0.39, 0.29) is 5.56 Å². The summed E-state index contributed by atoms with van der Waals surface area (Å²) in [5.74, 6) is -1.63. The first-order chi connectivity index (χ1) is 16.6. The molecule has 0 aliphatic heterocycles. The summed E-state index contributed by atoms with van der Waals surface area (Å²) >= 11 is 0. The van der Waals surface area contributed by atoms with Crippen LogP contribution in [0.3, 0.4) is 0 Å². The predicted molar refractivity (Wildman–Crippen MR) is 123 cm³/mol. The maximum atomic E-state index is 13.6. The Balaban J connectivity index is 2.22. The summed E-state index contributed by atoms with van der Waals surface area (Å²) in [4.78, 5) is 26.5. The van der Waals surface area contributed by atoms with Gasteiger partial charge in [0.25, 0.3) is 0 Å². The van der Waals surface area contributed by atoms with E-state index >= 15 is 0 Å². The predicted octanol–water partition coefficient (Wildman–Crippen LogP) is 7.48. The zero-order valence-electron chi connectivity index (χ0n) is 19.6. The zero-order chi connectivity index (χ0) is 27.2. The highest BCUT2D eigenvalue weighted by atomic mass is 31.1. The summed E-state index contributed by atoms with van der Waals surface area (Å²) in [6, 6.07) is 7.59. The van der Waals surface area contributed by atoms with Gasteiger partial charge < -0.3 is 0 Å². The Morgan fingerprint density at radius 3 is 1.75 bits per heavy atom. The number of aryl methyl sites for hydroxylation is 2. The summed E-state index contributed by atoms with van der Waals surface area (Å²) in [5.41, 5.74) is -3.87. The Labute approximate surface area is 203 Å². The van der Waals surface area contributed by atoms with Crippen molar-refractivity contribution >= 4 is 24.4 Å². The molecule has 3 aromatic carbocycles. The molecule has 0 aliphatic rings. The van der Waals surface area contributed by atoms with Gasteiger partial charge in [-0.05, 0) is 74.2 Å². The molecule has 3 rings (SSSR count). The Bertz CT molecular complexity index is 1370. The van der Waals surface area contributed by atoms with Crippen LogP contribution in [-0.2, 0) is 16.9 Å². The highest BCUT2D eigenvalue weighted by molar-refractivity contribution is 7.71. The number of halogens is 6. The van der Waals surface area contributed by atoms with Gasteiger partial charge in [0, 0.05) is 16.7 Å². The molecule has 0 bridgehead atoms. The van der Waals surface area contributed by atoms with Crippen LogP contribution in [0, 0.1) is 27.7 Å². The van der Waals surface area contributed by atoms with E-state index in [2.05, 4.69) is 0 Å². The van der Waals surface area contributed by atoms with Gasteiger partial charge in [-0.3, -0.25) is 14.2 Å². The lowest BCUT2D eigenvalue weighted by Crippen LogP contribution is -2.24. The van der Waals surface area contributed by atoms with Crippen LogP contribution in [0.1, 0.15) is 59.7 Å². The minimum absolute atomic E-state index is 0.133. The number of hydrogen-bond donors (Lipinski definition) is 0. The highest BCUT2D eigenvalue weighted by Crippen LogP contribution is 2.41. The van der Waals surface area contributed by atoms with Crippen molar-refractivity contribution in [3.63, 3.8) is 0 Å². The van der Waals surface area contributed by atoms with Gasteiger partial charge in [0.15, 0.2) is 13.6 Å². The lowest BCUT2D eigenvalue weighted by Gasteiger charge is -2.19. The molecule has 0 saturated carbocycles. The van der Waals surface area contributed by atoms with Gasteiger partial charge in [0.2, 0.25) is 5.52 Å². The molecule has 0 aromatic heterocycles. The van der Waals surface area contributed by atoms with Gasteiger partial charge in [-0.1, -0.05) is 24.3 Å². The molecule has 0 spiro atoms. The summed E-state index contributed by atoms with van der Waals surface area (Å²) in [7, 11) is -3.06. The molecule has 1 atom stereocenters. The summed E-state index contributed by atoms with van der Waals surface area (Å²) in [6.07, 6.45) is -10.5. The van der Waals surface area contributed by atoms with Crippen molar-refractivity contribution in [3.8, 4) is 0 Å². The minimum atomic E-state index is -5.27. The molecular formula is C26H20F6O3P. The lowest BCUT2D eigenvalue weighted by molar-refractivity contribution is -0.143. The third-order valence-electron chi connectivity index (χ3n) is 6.02. The molecule has 1 unspecified atom stereocenters. The topological polar surface area (TPSA) is 51.2 Å². The van der Waals surface area contributed by atoms with E-state index in [1.807, 2.05) is 6.92 Å². The smallest absolute Gasteiger partial charge is 0.289 e. The molecule has 0 heterocycles. The van der Waals surface area contributed by atoms with Crippen molar-refractivity contribution < 1.29 is 40.5 Å². The Morgan fingerprint density at radius 2 is 1.22 bits per heavy atom. The summed E-state index contributed by atoms with van der Waals surface area (Å²) < 4.78 is 95.1. The van der Waals surface area contributed by atoms with Crippen molar-refractivity contribution in [1.29, 1.82) is 0 Å². The molecule has 10 heteroatoms. The number of carbonyl (C=O) groups is 2. The van der Waals surface area contributed by atoms with E-state index < -0.39 is 59.0 Å². The van der Waals surface area contributed by atoms with E-state index in [0.29, 0.717) is 29.3 Å². The van der Waals surface area contributed by atoms with Crippen molar-refractivity contribution in [2.24, 2.45) is 0 Å². The summed E-state index contributed by atoms with van der Waals surface area (Å²) in [6.45, 7) is 6.87. The second-order valence-electron chi connectivity index (χ2n) is 8.30. The van der Waals surface area contributed by atoms with E-state index in [1.54, 1.807) is 26.8 Å². The standard InChI is InChI=1S/C26H20F6O3P/c1-13-12-14(2)21(16(4)15(13)3)24(34)36(35)20-11-6-5-8-17(20)23(33)22-18(25(27,28)29)9-7-10-19(22)26(30,31)32/h5-12H,1-4H3. The fourth-order valence-electron chi connectivity index (χ4n) is 4.07. The van der Waals surface area contributed by atoms with Gasteiger partial charge >= 0.3 is 12.4 Å². The fraction of sp³-hybridized carbons (Fsp3) is 0.231. The van der Waals surface area contributed by atoms with Gasteiger partial charge in [-0.25, -0.2) is 0 Å². The molecule has 189 valence electrons. The Morgan fingerprint density at radius 1 is 0.694 bits per heavy atom. The van der Waals surface area contributed by atoms with Gasteiger partial charge in [-0.15, -0.1) is 0 Å². The van der Waals surface area contributed by atoms with Crippen LogP contribution < -0.4 is 5.30 Å². The van der Waals surface area contributed by atoms with E-state index in [1.165, 1.54) is 12.1 Å². The summed E-state index contributed by atoms with van der Waals surface area (Å²) in [5, 5.41) is -0.440. The highest BCUT2D eigenvalue weighted by Gasteiger charge is 2.43. The average Bonchev–Trinajstić information content (AvgIpc) is 2.80. The van der Waals surface area contributed by atoms with Crippen LogP contribution in [0.15, 0.2) is 48.5 Å². The maximum Gasteiger partial charge on any atom is 0.417 e. The first-order valence-electron chi connectivity index (χ1n) is 10.6. The molecule has 3 nitrogen and oxygen atoms in total. The second kappa shape index (κ2) is 9.62. The molecule has 0 fully saturated rings. The number of rotatable bonds is 5. The second-order valence-corrected chi connectivity index (χ2v) is 9.78. The van der Waals surface area contributed by atoms with Crippen molar-refractivity contribution in [2.75, 3.05) is 0 Å². The number of ketones is 1. The number of carbonyl (C=O) groups excluding carboxylic acids is 2. The van der Waals surface area contributed by atoms with E-state index in [0.717, 1.165) is 23.3 Å². The molecule has 36 heavy (non-hydrogen) atoms. The van der Waals surface area contributed by atoms with Crippen LogP contribution in [0.4, 0.5) is 26.3 Å². The number of alkyl halides is 6. The average molecular weight is 525 g/mol. The van der Waals surface area contributed by atoms with Crippen molar-refractivity contribution in [1.82, 2.24) is 0 Å². The molecular weight excluding hydrogens is 505 g/mol. The first-order valence-corrected chi connectivity index (χ1v) is 11.8. The largest absolute Gasteiger partial charge is 0.417 e.